The van der Waals surface area contributed by atoms with Gasteiger partial charge in [0.1, 0.15) is 17.6 Å². The maximum atomic E-state index is 12.8. The molecule has 2 N–H and O–H groups in total. The molecular formula is C17H24N2O4. The molecule has 23 heavy (non-hydrogen) atoms. The average molecular weight is 320 g/mol. The fourth-order valence-corrected chi connectivity index (χ4v) is 3.40. The van der Waals surface area contributed by atoms with Crippen LogP contribution in [-0.2, 0) is 11.3 Å². The van der Waals surface area contributed by atoms with E-state index >= 15 is 0 Å². The Labute approximate surface area is 136 Å². The minimum Gasteiger partial charge on any atom is -0.496 e. The predicted octanol–water partition coefficient (Wildman–Crippen LogP) is 0.935. The number of carbonyl (C=O) groups excluding carboxylic acids is 1. The summed E-state index contributed by atoms with van der Waals surface area (Å²) in [6, 6.07) is 3.61. The van der Waals surface area contributed by atoms with E-state index in [4.69, 9.17) is 9.47 Å². The van der Waals surface area contributed by atoms with Crippen LogP contribution in [0.4, 0.5) is 0 Å². The van der Waals surface area contributed by atoms with Crippen LogP contribution in [0.1, 0.15) is 24.2 Å². The van der Waals surface area contributed by atoms with Crippen molar-refractivity contribution in [3.05, 3.63) is 23.3 Å². The van der Waals surface area contributed by atoms with Crippen LogP contribution < -0.4 is 14.8 Å². The predicted molar refractivity (Wildman–Crippen MR) is 85.4 cm³/mol. The van der Waals surface area contributed by atoms with Gasteiger partial charge in [0.25, 0.3) is 0 Å². The molecule has 0 aromatic heterocycles. The summed E-state index contributed by atoms with van der Waals surface area (Å²) in [6.07, 6.45) is -0.764. The van der Waals surface area contributed by atoms with Crippen molar-refractivity contribution < 1.29 is 19.4 Å². The van der Waals surface area contributed by atoms with Crippen LogP contribution in [0.15, 0.2) is 12.1 Å². The van der Waals surface area contributed by atoms with Gasteiger partial charge in [-0.2, -0.15) is 0 Å². The third-order valence-corrected chi connectivity index (χ3v) is 5.01. The highest BCUT2D eigenvalue weighted by molar-refractivity contribution is 5.79. The van der Waals surface area contributed by atoms with Crippen LogP contribution in [0.5, 0.6) is 11.5 Å². The van der Waals surface area contributed by atoms with Gasteiger partial charge in [0.15, 0.2) is 0 Å². The van der Waals surface area contributed by atoms with Gasteiger partial charge in [-0.3, -0.25) is 4.79 Å². The Morgan fingerprint density at radius 2 is 1.96 bits per heavy atom. The van der Waals surface area contributed by atoms with Gasteiger partial charge in [-0.05, 0) is 31.1 Å². The van der Waals surface area contributed by atoms with Crippen molar-refractivity contribution in [3.8, 4) is 11.5 Å². The summed E-state index contributed by atoms with van der Waals surface area (Å²) in [7, 11) is 3.18. The molecule has 0 radical (unpaired) electrons. The van der Waals surface area contributed by atoms with Crippen LogP contribution in [-0.4, -0.2) is 49.8 Å². The number of β-amino-alcohol motifs (C(OH)–C–C–N with tert-alkyl or cyclic N) is 1. The lowest BCUT2D eigenvalue weighted by Crippen LogP contribution is -2.51. The zero-order valence-corrected chi connectivity index (χ0v) is 13.8. The van der Waals surface area contributed by atoms with E-state index < -0.39 is 6.10 Å². The number of hydrogen-bond donors (Lipinski definition) is 2. The number of amides is 1. The number of benzene rings is 1. The largest absolute Gasteiger partial charge is 0.496 e. The van der Waals surface area contributed by atoms with Gasteiger partial charge < -0.3 is 24.8 Å². The van der Waals surface area contributed by atoms with Crippen molar-refractivity contribution in [1.29, 1.82) is 0 Å². The number of carbonyl (C=O) groups is 1. The number of fused-ring (bicyclic) bond motifs is 1. The monoisotopic (exact) mass is 320 g/mol. The highest BCUT2D eigenvalue weighted by Gasteiger charge is 2.36. The standard InChI is InChI=1S/C17H24N2O4/c1-10(11-6-18-7-11)17(21)19-8-12-14(22-2)4-5-15(23-3)16(12)13(20)9-19/h4-5,10-11,13,18,20H,6-9H2,1-3H3. The van der Waals surface area contributed by atoms with E-state index in [1.165, 1.54) is 0 Å². The summed E-state index contributed by atoms with van der Waals surface area (Å²) < 4.78 is 10.8. The van der Waals surface area contributed by atoms with Gasteiger partial charge >= 0.3 is 0 Å². The Balaban J connectivity index is 1.88. The van der Waals surface area contributed by atoms with Gasteiger partial charge in [-0.1, -0.05) is 6.92 Å². The van der Waals surface area contributed by atoms with Crippen LogP contribution in [0.25, 0.3) is 0 Å². The molecule has 1 aromatic carbocycles. The van der Waals surface area contributed by atoms with Crippen LogP contribution in [0.3, 0.4) is 0 Å². The second kappa shape index (κ2) is 6.37. The highest BCUT2D eigenvalue weighted by Crippen LogP contribution is 2.39. The molecule has 3 rings (SSSR count). The maximum Gasteiger partial charge on any atom is 0.226 e. The molecule has 1 saturated heterocycles. The molecule has 2 heterocycles. The fourth-order valence-electron chi connectivity index (χ4n) is 3.40. The third kappa shape index (κ3) is 2.77. The minimum atomic E-state index is -0.764. The Morgan fingerprint density at radius 1 is 1.30 bits per heavy atom. The van der Waals surface area contributed by atoms with E-state index in [2.05, 4.69) is 5.32 Å². The zero-order valence-electron chi connectivity index (χ0n) is 13.8. The molecule has 1 fully saturated rings. The number of methoxy groups -OCH3 is 2. The van der Waals surface area contributed by atoms with Crippen LogP contribution in [0.2, 0.25) is 0 Å². The minimum absolute atomic E-state index is 0.0402. The molecular weight excluding hydrogens is 296 g/mol. The Morgan fingerprint density at radius 3 is 2.52 bits per heavy atom. The van der Waals surface area contributed by atoms with Crippen molar-refractivity contribution in [3.63, 3.8) is 0 Å². The first-order valence-corrected chi connectivity index (χ1v) is 7.98. The van der Waals surface area contributed by atoms with E-state index in [9.17, 15) is 9.90 Å². The molecule has 0 spiro atoms. The number of aliphatic hydroxyl groups excluding tert-OH is 1. The maximum absolute atomic E-state index is 12.8. The van der Waals surface area contributed by atoms with E-state index in [1.54, 1.807) is 25.2 Å². The molecule has 2 aliphatic rings. The normalized spacial score (nSPS) is 22.1. The van der Waals surface area contributed by atoms with Crippen LogP contribution in [0, 0.1) is 11.8 Å². The lowest BCUT2D eigenvalue weighted by atomic mass is 9.86. The number of nitrogens with zero attached hydrogens (tertiary/aromatic N) is 1. The van der Waals surface area contributed by atoms with E-state index in [1.807, 2.05) is 13.0 Å². The summed E-state index contributed by atoms with van der Waals surface area (Å²) in [4.78, 5) is 14.5. The molecule has 1 aromatic rings. The molecule has 6 nitrogen and oxygen atoms in total. The van der Waals surface area contributed by atoms with E-state index in [0.29, 0.717) is 30.5 Å². The van der Waals surface area contributed by atoms with Crippen molar-refractivity contribution in [2.24, 2.45) is 11.8 Å². The van der Waals surface area contributed by atoms with Crippen molar-refractivity contribution in [2.45, 2.75) is 19.6 Å². The first-order valence-electron chi connectivity index (χ1n) is 7.98. The molecule has 2 aliphatic heterocycles. The second-order valence-electron chi connectivity index (χ2n) is 6.30. The molecule has 2 atom stereocenters. The van der Waals surface area contributed by atoms with Gasteiger partial charge in [0.05, 0.1) is 20.8 Å². The van der Waals surface area contributed by atoms with E-state index in [0.717, 1.165) is 24.2 Å². The molecule has 0 aliphatic carbocycles. The smallest absolute Gasteiger partial charge is 0.226 e. The number of ether oxygens (including phenoxy) is 2. The lowest BCUT2D eigenvalue weighted by Gasteiger charge is -2.38. The molecule has 6 heteroatoms. The summed E-state index contributed by atoms with van der Waals surface area (Å²) in [6.45, 7) is 4.47. The molecule has 126 valence electrons. The summed E-state index contributed by atoms with van der Waals surface area (Å²) in [5, 5.41) is 13.8. The first-order chi connectivity index (χ1) is 11.1. The van der Waals surface area contributed by atoms with Gasteiger partial charge in [-0.25, -0.2) is 0 Å². The SMILES string of the molecule is COc1ccc(OC)c2c1CN(C(=O)C(C)C1CNC1)CC2O. The quantitative estimate of drug-likeness (QED) is 0.864. The summed E-state index contributed by atoms with van der Waals surface area (Å²) in [5.74, 6) is 1.74. The van der Waals surface area contributed by atoms with Crippen molar-refractivity contribution >= 4 is 5.91 Å². The highest BCUT2D eigenvalue weighted by atomic mass is 16.5. The Hall–Kier alpha value is -1.79. The van der Waals surface area contributed by atoms with Crippen LogP contribution >= 0.6 is 0 Å². The van der Waals surface area contributed by atoms with E-state index in [-0.39, 0.29) is 11.8 Å². The number of nitrogens with one attached hydrogen (secondary N) is 1. The van der Waals surface area contributed by atoms with Gasteiger partial charge in [0, 0.05) is 23.6 Å². The molecule has 0 bridgehead atoms. The third-order valence-electron chi connectivity index (χ3n) is 5.01. The van der Waals surface area contributed by atoms with Gasteiger partial charge in [0.2, 0.25) is 5.91 Å². The van der Waals surface area contributed by atoms with Gasteiger partial charge in [-0.15, -0.1) is 0 Å². The Kier molecular flexibility index (Phi) is 4.46. The molecule has 1 amide bonds. The fraction of sp³-hybridized carbons (Fsp3) is 0.588. The first kappa shape index (κ1) is 16.1. The van der Waals surface area contributed by atoms with Crippen molar-refractivity contribution in [2.75, 3.05) is 33.9 Å². The number of hydrogen-bond acceptors (Lipinski definition) is 5. The Bertz CT molecular complexity index is 601. The molecule has 2 unspecified atom stereocenters. The van der Waals surface area contributed by atoms with Crippen molar-refractivity contribution in [1.82, 2.24) is 10.2 Å². The summed E-state index contributed by atoms with van der Waals surface area (Å²) in [5.41, 5.74) is 1.56. The molecule has 0 saturated carbocycles. The number of rotatable bonds is 4. The zero-order chi connectivity index (χ0) is 16.6. The number of aliphatic hydroxyl groups is 1. The topological polar surface area (TPSA) is 71.0 Å². The lowest BCUT2D eigenvalue weighted by molar-refractivity contribution is -0.140. The summed E-state index contributed by atoms with van der Waals surface area (Å²) >= 11 is 0. The average Bonchev–Trinajstić information content (AvgIpc) is 2.51. The second-order valence-corrected chi connectivity index (χ2v) is 6.30.